The summed E-state index contributed by atoms with van der Waals surface area (Å²) < 4.78 is 0. The number of piperazine rings is 1. The van der Waals surface area contributed by atoms with E-state index in [1.165, 1.54) is 0 Å². The molecule has 19 heavy (non-hydrogen) atoms. The Morgan fingerprint density at radius 1 is 1.26 bits per heavy atom. The first-order valence-corrected chi connectivity index (χ1v) is 7.20. The van der Waals surface area contributed by atoms with Gasteiger partial charge in [-0.15, -0.1) is 0 Å². The number of nitrogens with one attached hydrogen (secondary N) is 1. The number of aryl methyl sites for hydroxylation is 1. The molecule has 1 N–H and O–H groups in total. The first-order valence-electron chi connectivity index (χ1n) is 6.83. The van der Waals surface area contributed by atoms with Crippen molar-refractivity contribution in [2.75, 3.05) is 13.1 Å². The maximum Gasteiger partial charge on any atom is 0.223 e. The molecule has 0 saturated carbocycles. The van der Waals surface area contributed by atoms with E-state index in [0.29, 0.717) is 18.5 Å². The van der Waals surface area contributed by atoms with E-state index >= 15 is 0 Å². The minimum absolute atomic E-state index is 0.246. The minimum atomic E-state index is 0.246. The molecule has 0 aromatic heterocycles. The molecule has 4 heteroatoms. The lowest BCUT2D eigenvalue weighted by Crippen LogP contribution is -2.55. The Hall–Kier alpha value is -1.06. The van der Waals surface area contributed by atoms with Crippen LogP contribution in [0.25, 0.3) is 0 Å². The van der Waals surface area contributed by atoms with Gasteiger partial charge in [-0.3, -0.25) is 4.79 Å². The fraction of sp³-hybridized carbons (Fsp3) is 0.533. The zero-order valence-electron chi connectivity index (χ0n) is 11.5. The Labute approximate surface area is 119 Å². The van der Waals surface area contributed by atoms with Crippen LogP contribution in [0, 0.1) is 0 Å². The quantitative estimate of drug-likeness (QED) is 0.923. The Morgan fingerprint density at radius 3 is 2.42 bits per heavy atom. The van der Waals surface area contributed by atoms with E-state index in [4.69, 9.17) is 11.6 Å². The predicted molar refractivity (Wildman–Crippen MR) is 78.4 cm³/mol. The maximum absolute atomic E-state index is 12.2. The second-order valence-electron chi connectivity index (χ2n) is 5.39. The van der Waals surface area contributed by atoms with Gasteiger partial charge in [0.25, 0.3) is 0 Å². The number of carbonyl (C=O) groups excluding carboxylic acids is 1. The first-order chi connectivity index (χ1) is 9.04. The number of halogens is 1. The lowest BCUT2D eigenvalue weighted by Gasteiger charge is -2.36. The van der Waals surface area contributed by atoms with Crippen molar-refractivity contribution in [3.8, 4) is 0 Å². The van der Waals surface area contributed by atoms with Crippen LogP contribution in [0.4, 0.5) is 0 Å². The maximum atomic E-state index is 12.2. The summed E-state index contributed by atoms with van der Waals surface area (Å²) in [6.45, 7) is 5.86. The standard InChI is InChI=1S/C15H21ClN2O/c1-11-9-18(10-12(2)17-11)15(19)8-5-13-3-6-14(16)7-4-13/h3-4,6-7,11-12,17H,5,8-10H2,1-2H3/t11-,12+. The molecule has 0 unspecified atom stereocenters. The molecule has 2 atom stereocenters. The average Bonchev–Trinajstić information content (AvgIpc) is 2.36. The molecule has 1 fully saturated rings. The first kappa shape index (κ1) is 14.4. The van der Waals surface area contributed by atoms with Gasteiger partial charge >= 0.3 is 0 Å². The van der Waals surface area contributed by atoms with Crippen LogP contribution < -0.4 is 5.32 Å². The van der Waals surface area contributed by atoms with Crippen LogP contribution in [0.3, 0.4) is 0 Å². The third-order valence-corrected chi connectivity index (χ3v) is 3.70. The van der Waals surface area contributed by atoms with Gasteiger partial charge < -0.3 is 10.2 Å². The van der Waals surface area contributed by atoms with E-state index in [9.17, 15) is 4.79 Å². The van der Waals surface area contributed by atoms with Crippen molar-refractivity contribution in [3.63, 3.8) is 0 Å². The molecule has 1 aromatic carbocycles. The van der Waals surface area contributed by atoms with E-state index < -0.39 is 0 Å². The van der Waals surface area contributed by atoms with E-state index in [2.05, 4.69) is 19.2 Å². The number of hydrogen-bond acceptors (Lipinski definition) is 2. The SMILES string of the molecule is C[C@@H]1CN(C(=O)CCc2ccc(Cl)cc2)C[C@H](C)N1. The Morgan fingerprint density at radius 2 is 1.84 bits per heavy atom. The van der Waals surface area contributed by atoms with Gasteiger partial charge in [0.1, 0.15) is 0 Å². The van der Waals surface area contributed by atoms with Crippen LogP contribution in [0.2, 0.25) is 5.02 Å². The van der Waals surface area contributed by atoms with E-state index in [1.54, 1.807) is 0 Å². The van der Waals surface area contributed by atoms with Crippen molar-refractivity contribution in [1.82, 2.24) is 10.2 Å². The lowest BCUT2D eigenvalue weighted by atomic mass is 10.1. The summed E-state index contributed by atoms with van der Waals surface area (Å²) in [7, 11) is 0. The van der Waals surface area contributed by atoms with Crippen LogP contribution in [0.15, 0.2) is 24.3 Å². The van der Waals surface area contributed by atoms with Gasteiger partial charge in [-0.25, -0.2) is 0 Å². The smallest absolute Gasteiger partial charge is 0.223 e. The Balaban J connectivity index is 1.85. The summed E-state index contributed by atoms with van der Waals surface area (Å²) in [6, 6.07) is 8.47. The third-order valence-electron chi connectivity index (χ3n) is 3.45. The number of hydrogen-bond donors (Lipinski definition) is 1. The third kappa shape index (κ3) is 4.22. The van der Waals surface area contributed by atoms with Gasteiger partial charge in [-0.05, 0) is 38.0 Å². The van der Waals surface area contributed by atoms with Crippen molar-refractivity contribution < 1.29 is 4.79 Å². The van der Waals surface area contributed by atoms with Crippen LogP contribution in [-0.2, 0) is 11.2 Å². The summed E-state index contributed by atoms with van der Waals surface area (Å²) >= 11 is 5.85. The van der Waals surface area contributed by atoms with Crippen LogP contribution >= 0.6 is 11.6 Å². The largest absolute Gasteiger partial charge is 0.340 e. The Kier molecular flexibility index (Phi) is 4.83. The molecule has 0 bridgehead atoms. The van der Waals surface area contributed by atoms with Crippen LogP contribution in [-0.4, -0.2) is 36.0 Å². The summed E-state index contributed by atoms with van der Waals surface area (Å²) in [6.07, 6.45) is 1.35. The van der Waals surface area contributed by atoms with Gasteiger partial charge in [0.15, 0.2) is 0 Å². The highest BCUT2D eigenvalue weighted by molar-refractivity contribution is 6.30. The number of rotatable bonds is 3. The van der Waals surface area contributed by atoms with Crippen molar-refractivity contribution in [3.05, 3.63) is 34.9 Å². The molecule has 3 nitrogen and oxygen atoms in total. The molecule has 0 aliphatic carbocycles. The van der Waals surface area contributed by atoms with Crippen molar-refractivity contribution in [1.29, 1.82) is 0 Å². The van der Waals surface area contributed by atoms with Crippen molar-refractivity contribution in [2.45, 2.75) is 38.8 Å². The zero-order chi connectivity index (χ0) is 13.8. The van der Waals surface area contributed by atoms with E-state index in [0.717, 1.165) is 30.1 Å². The van der Waals surface area contributed by atoms with Gasteiger partial charge in [0, 0.05) is 36.6 Å². The molecule has 0 spiro atoms. The van der Waals surface area contributed by atoms with Crippen LogP contribution in [0.1, 0.15) is 25.8 Å². The molecule has 2 rings (SSSR count). The average molecular weight is 281 g/mol. The Bertz CT molecular complexity index is 422. The summed E-state index contributed by atoms with van der Waals surface area (Å²) in [5.74, 6) is 0.246. The van der Waals surface area contributed by atoms with Crippen LogP contribution in [0.5, 0.6) is 0 Å². The molecular weight excluding hydrogens is 260 g/mol. The monoisotopic (exact) mass is 280 g/mol. The summed E-state index contributed by atoms with van der Waals surface area (Å²) in [4.78, 5) is 14.2. The summed E-state index contributed by atoms with van der Waals surface area (Å²) in [5.41, 5.74) is 1.16. The molecule has 104 valence electrons. The number of nitrogens with zero attached hydrogens (tertiary/aromatic N) is 1. The summed E-state index contributed by atoms with van der Waals surface area (Å²) in [5, 5.41) is 4.17. The van der Waals surface area contributed by atoms with Gasteiger partial charge in [-0.1, -0.05) is 23.7 Å². The molecule has 1 aromatic rings. The van der Waals surface area contributed by atoms with Gasteiger partial charge in [0.2, 0.25) is 5.91 Å². The molecule has 1 aliphatic rings. The van der Waals surface area contributed by atoms with Crippen molar-refractivity contribution in [2.24, 2.45) is 0 Å². The number of amides is 1. The second-order valence-corrected chi connectivity index (χ2v) is 5.83. The highest BCUT2D eigenvalue weighted by atomic mass is 35.5. The highest BCUT2D eigenvalue weighted by Crippen LogP contribution is 2.12. The van der Waals surface area contributed by atoms with Crippen molar-refractivity contribution >= 4 is 17.5 Å². The lowest BCUT2D eigenvalue weighted by molar-refractivity contribution is -0.132. The molecule has 1 heterocycles. The molecular formula is C15H21ClN2O. The number of carbonyl (C=O) groups is 1. The molecule has 1 saturated heterocycles. The van der Waals surface area contributed by atoms with Gasteiger partial charge in [-0.2, -0.15) is 0 Å². The fourth-order valence-corrected chi connectivity index (χ4v) is 2.72. The molecule has 0 radical (unpaired) electrons. The van der Waals surface area contributed by atoms with Gasteiger partial charge in [0.05, 0.1) is 0 Å². The van der Waals surface area contributed by atoms with E-state index in [-0.39, 0.29) is 5.91 Å². The van der Waals surface area contributed by atoms with E-state index in [1.807, 2.05) is 29.2 Å². The fourth-order valence-electron chi connectivity index (χ4n) is 2.59. The normalized spacial score (nSPS) is 23.4. The number of benzene rings is 1. The molecule has 1 aliphatic heterocycles. The zero-order valence-corrected chi connectivity index (χ0v) is 12.3. The second kappa shape index (κ2) is 6.40. The highest BCUT2D eigenvalue weighted by Gasteiger charge is 2.24. The predicted octanol–water partition coefficient (Wildman–Crippen LogP) is 2.48. The minimum Gasteiger partial charge on any atom is -0.340 e. The molecule has 1 amide bonds. The topological polar surface area (TPSA) is 32.3 Å².